The number of carbonyl (C=O) groups excluding carboxylic acids is 1. The molecule has 2 saturated heterocycles. The molecule has 2 atom stereocenters. The Bertz CT molecular complexity index is 529. The third-order valence-electron chi connectivity index (χ3n) is 4.70. The van der Waals surface area contributed by atoms with E-state index in [1.807, 2.05) is 29.2 Å². The Morgan fingerprint density at radius 2 is 2.22 bits per heavy atom. The topological polar surface area (TPSA) is 64.8 Å². The molecule has 1 aromatic carbocycles. The van der Waals surface area contributed by atoms with E-state index in [4.69, 9.17) is 15.2 Å². The van der Waals surface area contributed by atoms with E-state index in [1.54, 1.807) is 0 Å². The normalized spacial score (nSPS) is 24.7. The number of benzene rings is 1. The second-order valence-corrected chi connectivity index (χ2v) is 6.36. The van der Waals surface area contributed by atoms with Crippen molar-refractivity contribution in [1.29, 1.82) is 0 Å². The summed E-state index contributed by atoms with van der Waals surface area (Å²) in [6, 6.07) is 7.61. The van der Waals surface area contributed by atoms with Crippen molar-refractivity contribution in [3.8, 4) is 5.75 Å². The maximum absolute atomic E-state index is 12.8. The molecule has 0 spiro atoms. The van der Waals surface area contributed by atoms with Crippen molar-refractivity contribution in [3.05, 3.63) is 29.8 Å². The molecule has 5 heteroatoms. The molecule has 0 bridgehead atoms. The second kappa shape index (κ2) is 7.79. The van der Waals surface area contributed by atoms with Crippen molar-refractivity contribution >= 4 is 5.91 Å². The first-order chi connectivity index (χ1) is 11.3. The van der Waals surface area contributed by atoms with Gasteiger partial charge in [-0.1, -0.05) is 6.07 Å². The first-order valence-corrected chi connectivity index (χ1v) is 8.63. The van der Waals surface area contributed by atoms with Crippen LogP contribution in [0.1, 0.15) is 42.5 Å². The Morgan fingerprint density at radius 3 is 3.00 bits per heavy atom. The highest BCUT2D eigenvalue weighted by Gasteiger charge is 2.26. The summed E-state index contributed by atoms with van der Waals surface area (Å²) in [7, 11) is 0. The summed E-state index contributed by atoms with van der Waals surface area (Å²) in [4.78, 5) is 14.7. The summed E-state index contributed by atoms with van der Waals surface area (Å²) in [5.41, 5.74) is 6.50. The van der Waals surface area contributed by atoms with Gasteiger partial charge in [-0.2, -0.15) is 0 Å². The third kappa shape index (κ3) is 4.03. The maximum atomic E-state index is 12.8. The Labute approximate surface area is 137 Å². The van der Waals surface area contributed by atoms with Crippen molar-refractivity contribution in [1.82, 2.24) is 4.90 Å². The lowest BCUT2D eigenvalue weighted by Crippen LogP contribution is -2.47. The molecule has 1 amide bonds. The number of hydrogen-bond donors (Lipinski definition) is 1. The Balaban J connectivity index is 1.64. The van der Waals surface area contributed by atoms with E-state index in [0.717, 1.165) is 51.0 Å². The number of carbonyl (C=O) groups is 1. The van der Waals surface area contributed by atoms with Gasteiger partial charge in [0.1, 0.15) is 12.4 Å². The molecule has 5 nitrogen and oxygen atoms in total. The summed E-state index contributed by atoms with van der Waals surface area (Å²) in [6.07, 6.45) is 5.52. The molecule has 3 rings (SSSR count). The van der Waals surface area contributed by atoms with E-state index in [9.17, 15) is 4.79 Å². The lowest BCUT2D eigenvalue weighted by molar-refractivity contribution is 0.0620. The molecule has 126 valence electrons. The molecule has 1 aromatic rings. The molecular weight excluding hydrogens is 292 g/mol. The number of rotatable bonds is 5. The Morgan fingerprint density at radius 1 is 1.30 bits per heavy atom. The number of nitrogens with two attached hydrogens (primary N) is 1. The number of piperidine rings is 1. The number of hydrogen-bond acceptors (Lipinski definition) is 4. The lowest BCUT2D eigenvalue weighted by Gasteiger charge is -2.35. The van der Waals surface area contributed by atoms with Crippen molar-refractivity contribution in [2.24, 2.45) is 5.73 Å². The zero-order chi connectivity index (χ0) is 16.1. The van der Waals surface area contributed by atoms with Gasteiger partial charge in [-0.05, 0) is 50.3 Å². The highest BCUT2D eigenvalue weighted by atomic mass is 16.5. The van der Waals surface area contributed by atoms with E-state index >= 15 is 0 Å². The molecule has 0 radical (unpaired) electrons. The molecule has 0 aliphatic carbocycles. The van der Waals surface area contributed by atoms with Crippen LogP contribution in [0, 0.1) is 0 Å². The highest BCUT2D eigenvalue weighted by Crippen LogP contribution is 2.22. The summed E-state index contributed by atoms with van der Waals surface area (Å²) in [5.74, 6) is 0.787. The molecule has 2 unspecified atom stereocenters. The minimum Gasteiger partial charge on any atom is -0.491 e. The highest BCUT2D eigenvalue weighted by molar-refractivity contribution is 5.94. The number of amides is 1. The van der Waals surface area contributed by atoms with Crippen LogP contribution < -0.4 is 10.5 Å². The van der Waals surface area contributed by atoms with Gasteiger partial charge < -0.3 is 20.1 Å². The average molecular weight is 318 g/mol. The summed E-state index contributed by atoms with van der Waals surface area (Å²) >= 11 is 0. The largest absolute Gasteiger partial charge is 0.491 e. The van der Waals surface area contributed by atoms with E-state index in [-0.39, 0.29) is 18.1 Å². The van der Waals surface area contributed by atoms with E-state index < -0.39 is 0 Å². The van der Waals surface area contributed by atoms with Crippen molar-refractivity contribution in [3.63, 3.8) is 0 Å². The third-order valence-corrected chi connectivity index (χ3v) is 4.70. The van der Waals surface area contributed by atoms with Gasteiger partial charge in [0.2, 0.25) is 0 Å². The summed E-state index contributed by atoms with van der Waals surface area (Å²) in [6.45, 7) is 2.69. The first kappa shape index (κ1) is 16.3. The molecule has 2 heterocycles. The van der Waals surface area contributed by atoms with Crippen LogP contribution in [0.5, 0.6) is 5.75 Å². The number of ether oxygens (including phenoxy) is 2. The van der Waals surface area contributed by atoms with Gasteiger partial charge in [-0.3, -0.25) is 4.79 Å². The van der Waals surface area contributed by atoms with Gasteiger partial charge in [0.15, 0.2) is 0 Å². The number of likely N-dealkylation sites (tertiary alicyclic amines) is 1. The average Bonchev–Trinajstić information content (AvgIpc) is 3.13. The van der Waals surface area contributed by atoms with Crippen LogP contribution in [0.15, 0.2) is 24.3 Å². The van der Waals surface area contributed by atoms with Crippen LogP contribution in [-0.2, 0) is 4.74 Å². The quantitative estimate of drug-likeness (QED) is 0.904. The van der Waals surface area contributed by atoms with Crippen molar-refractivity contribution in [2.45, 2.75) is 44.2 Å². The van der Waals surface area contributed by atoms with Crippen LogP contribution >= 0.6 is 0 Å². The second-order valence-electron chi connectivity index (χ2n) is 6.36. The van der Waals surface area contributed by atoms with Gasteiger partial charge >= 0.3 is 0 Å². The van der Waals surface area contributed by atoms with Crippen LogP contribution in [0.2, 0.25) is 0 Å². The van der Waals surface area contributed by atoms with E-state index in [0.29, 0.717) is 18.7 Å². The van der Waals surface area contributed by atoms with Crippen molar-refractivity contribution < 1.29 is 14.3 Å². The van der Waals surface area contributed by atoms with Crippen LogP contribution in [-0.4, -0.2) is 49.3 Å². The first-order valence-electron chi connectivity index (χ1n) is 8.63. The molecule has 0 saturated carbocycles. The molecule has 2 aliphatic heterocycles. The van der Waals surface area contributed by atoms with E-state index in [2.05, 4.69) is 0 Å². The molecular formula is C18H26N2O3. The number of nitrogens with zero attached hydrogens (tertiary/aromatic N) is 1. The Hall–Kier alpha value is -1.59. The molecule has 2 fully saturated rings. The van der Waals surface area contributed by atoms with Crippen LogP contribution in [0.25, 0.3) is 0 Å². The zero-order valence-electron chi connectivity index (χ0n) is 13.6. The zero-order valence-corrected chi connectivity index (χ0v) is 13.6. The molecule has 23 heavy (non-hydrogen) atoms. The fourth-order valence-corrected chi connectivity index (χ4v) is 3.36. The van der Waals surface area contributed by atoms with E-state index in [1.165, 1.54) is 0 Å². The smallest absolute Gasteiger partial charge is 0.254 e. The van der Waals surface area contributed by atoms with Gasteiger partial charge in [0.25, 0.3) is 5.91 Å². The molecule has 2 aliphatic rings. The predicted molar refractivity (Wildman–Crippen MR) is 88.6 cm³/mol. The fraction of sp³-hybridized carbons (Fsp3) is 0.611. The monoisotopic (exact) mass is 318 g/mol. The fourth-order valence-electron chi connectivity index (χ4n) is 3.36. The van der Waals surface area contributed by atoms with Gasteiger partial charge in [-0.25, -0.2) is 0 Å². The molecule has 2 N–H and O–H groups in total. The minimum absolute atomic E-state index is 0.0581. The summed E-state index contributed by atoms with van der Waals surface area (Å²) < 4.78 is 11.4. The van der Waals surface area contributed by atoms with Crippen molar-refractivity contribution in [2.75, 3.05) is 26.3 Å². The molecule has 0 aromatic heterocycles. The summed E-state index contributed by atoms with van der Waals surface area (Å²) in [5, 5.41) is 0. The van der Waals surface area contributed by atoms with Gasteiger partial charge in [0, 0.05) is 31.3 Å². The standard InChI is InChI=1S/C18H26N2O3/c19-12-15-6-1-2-9-20(15)18(21)14-5-3-7-16(11-14)23-13-17-8-4-10-22-17/h3,5,7,11,15,17H,1-2,4,6,8-10,12-13,19H2. The lowest BCUT2D eigenvalue weighted by atomic mass is 10.0. The van der Waals surface area contributed by atoms with Crippen LogP contribution in [0.4, 0.5) is 0 Å². The SMILES string of the molecule is NCC1CCCCN1C(=O)c1cccc(OCC2CCCO2)c1. The minimum atomic E-state index is 0.0581. The predicted octanol–water partition coefficient (Wildman–Crippen LogP) is 2.20. The maximum Gasteiger partial charge on any atom is 0.254 e. The van der Waals surface area contributed by atoms with Gasteiger partial charge in [-0.15, -0.1) is 0 Å². The Kier molecular flexibility index (Phi) is 5.51. The van der Waals surface area contributed by atoms with Crippen LogP contribution in [0.3, 0.4) is 0 Å². The van der Waals surface area contributed by atoms with Gasteiger partial charge in [0.05, 0.1) is 6.10 Å².